The third-order valence-electron chi connectivity index (χ3n) is 4.67. The maximum Gasteiger partial charge on any atom is 0.416 e. The molecule has 0 radical (unpaired) electrons. The molecule has 2 N–H and O–H groups in total. The van der Waals surface area contributed by atoms with Gasteiger partial charge in [0.2, 0.25) is 11.8 Å². The van der Waals surface area contributed by atoms with Crippen molar-refractivity contribution in [3.63, 3.8) is 0 Å². The van der Waals surface area contributed by atoms with Crippen molar-refractivity contribution in [1.82, 2.24) is 0 Å². The minimum absolute atomic E-state index is 0.0135. The number of hydrogen-bond acceptors (Lipinski definition) is 4. The topological polar surface area (TPSA) is 76.7 Å². The van der Waals surface area contributed by atoms with Gasteiger partial charge in [0, 0.05) is 18.5 Å². The highest BCUT2D eigenvalue weighted by atomic mass is 19.4. The Morgan fingerprint density at radius 1 is 1.13 bits per heavy atom. The largest absolute Gasteiger partial charge is 0.494 e. The van der Waals surface area contributed by atoms with Crippen LogP contribution in [0, 0.1) is 0 Å². The fraction of sp³-hybridized carbons (Fsp3) is 0.364. The fourth-order valence-electron chi connectivity index (χ4n) is 3.17. The summed E-state index contributed by atoms with van der Waals surface area (Å²) >= 11 is 0. The zero-order valence-electron chi connectivity index (χ0n) is 17.0. The van der Waals surface area contributed by atoms with E-state index < -0.39 is 17.6 Å². The van der Waals surface area contributed by atoms with Crippen LogP contribution in [0.1, 0.15) is 37.3 Å². The molecular weight excluding hydrogens is 413 g/mol. The number of amides is 2. The lowest BCUT2D eigenvalue weighted by Gasteiger charge is -2.17. The molecule has 0 atom stereocenters. The van der Waals surface area contributed by atoms with Crippen LogP contribution in [0.15, 0.2) is 36.4 Å². The molecule has 2 aromatic rings. The van der Waals surface area contributed by atoms with Crippen molar-refractivity contribution in [3.8, 4) is 11.5 Å². The number of hydrogen-bond donors (Lipinski definition) is 2. The molecule has 0 spiro atoms. The Morgan fingerprint density at radius 3 is 2.68 bits per heavy atom. The molecule has 0 saturated heterocycles. The lowest BCUT2D eigenvalue weighted by molar-refractivity contribution is -0.137. The standard InChI is InChI=1S/C22H23F3N2O4/c1-2-30-19-9-6-15(22(23,24)25)13-18(19)27-20(28)4-3-11-31-16-7-8-17-14(12-16)5-10-21(29)26-17/h6-9,12-13H,2-5,10-11H2,1H3,(H,26,29)(H,27,28). The highest BCUT2D eigenvalue weighted by molar-refractivity contribution is 5.94. The normalized spacial score (nSPS) is 13.2. The Bertz CT molecular complexity index is 960. The first kappa shape index (κ1) is 22.5. The van der Waals surface area contributed by atoms with Crippen molar-refractivity contribution in [2.45, 2.75) is 38.8 Å². The second-order valence-corrected chi connectivity index (χ2v) is 7.01. The van der Waals surface area contributed by atoms with E-state index >= 15 is 0 Å². The van der Waals surface area contributed by atoms with Crippen molar-refractivity contribution >= 4 is 23.2 Å². The molecule has 31 heavy (non-hydrogen) atoms. The number of alkyl halides is 3. The van der Waals surface area contributed by atoms with Gasteiger partial charge in [-0.25, -0.2) is 0 Å². The van der Waals surface area contributed by atoms with Crippen molar-refractivity contribution < 1.29 is 32.2 Å². The Balaban J connectivity index is 1.52. The van der Waals surface area contributed by atoms with Crippen molar-refractivity contribution in [2.75, 3.05) is 23.8 Å². The minimum Gasteiger partial charge on any atom is -0.494 e. The van der Waals surface area contributed by atoms with E-state index in [2.05, 4.69) is 10.6 Å². The van der Waals surface area contributed by atoms with E-state index in [9.17, 15) is 22.8 Å². The van der Waals surface area contributed by atoms with Gasteiger partial charge < -0.3 is 20.1 Å². The van der Waals surface area contributed by atoms with Crippen LogP contribution in [0.2, 0.25) is 0 Å². The van der Waals surface area contributed by atoms with E-state index in [-0.39, 0.29) is 37.0 Å². The number of benzene rings is 2. The molecule has 1 heterocycles. The molecule has 9 heteroatoms. The summed E-state index contributed by atoms with van der Waals surface area (Å²) < 4.78 is 49.9. The van der Waals surface area contributed by atoms with E-state index in [1.807, 2.05) is 6.07 Å². The fourth-order valence-corrected chi connectivity index (χ4v) is 3.17. The molecular formula is C22H23F3N2O4. The van der Waals surface area contributed by atoms with Crippen LogP contribution in [0.5, 0.6) is 11.5 Å². The van der Waals surface area contributed by atoms with Crippen LogP contribution in [0.4, 0.5) is 24.5 Å². The first-order chi connectivity index (χ1) is 14.8. The highest BCUT2D eigenvalue weighted by Crippen LogP contribution is 2.35. The number of aryl methyl sites for hydroxylation is 1. The van der Waals surface area contributed by atoms with E-state index in [0.717, 1.165) is 23.4 Å². The molecule has 0 unspecified atom stereocenters. The van der Waals surface area contributed by atoms with Gasteiger partial charge in [0.15, 0.2) is 0 Å². The summed E-state index contributed by atoms with van der Waals surface area (Å²) in [4.78, 5) is 23.6. The summed E-state index contributed by atoms with van der Waals surface area (Å²) in [5.41, 5.74) is 0.884. The predicted octanol–water partition coefficient (Wildman–Crippen LogP) is 4.79. The number of carbonyl (C=O) groups is 2. The predicted molar refractivity (Wildman–Crippen MR) is 109 cm³/mol. The summed E-state index contributed by atoms with van der Waals surface area (Å²) in [7, 11) is 0. The third-order valence-corrected chi connectivity index (χ3v) is 4.67. The van der Waals surface area contributed by atoms with Crippen LogP contribution in [-0.4, -0.2) is 25.0 Å². The molecule has 1 aliphatic rings. The van der Waals surface area contributed by atoms with Gasteiger partial charge in [0.05, 0.1) is 24.5 Å². The Kier molecular flexibility index (Phi) is 7.04. The molecule has 0 saturated carbocycles. The van der Waals surface area contributed by atoms with Gasteiger partial charge in [-0.3, -0.25) is 9.59 Å². The average molecular weight is 436 g/mol. The summed E-state index contributed by atoms with van der Waals surface area (Å²) in [6.07, 6.45) is -3.00. The Hall–Kier alpha value is -3.23. The summed E-state index contributed by atoms with van der Waals surface area (Å²) in [6.45, 7) is 2.22. The van der Waals surface area contributed by atoms with Crippen LogP contribution in [0.25, 0.3) is 0 Å². The van der Waals surface area contributed by atoms with Crippen molar-refractivity contribution in [2.24, 2.45) is 0 Å². The van der Waals surface area contributed by atoms with Crippen molar-refractivity contribution in [3.05, 3.63) is 47.5 Å². The lowest BCUT2D eigenvalue weighted by Crippen LogP contribution is -2.18. The number of carbonyl (C=O) groups excluding carboxylic acids is 2. The number of ether oxygens (including phenoxy) is 2. The van der Waals surface area contributed by atoms with Gasteiger partial charge >= 0.3 is 6.18 Å². The molecule has 2 amide bonds. The van der Waals surface area contributed by atoms with Gasteiger partial charge in [0.1, 0.15) is 11.5 Å². The number of fused-ring (bicyclic) bond motifs is 1. The van der Waals surface area contributed by atoms with Gasteiger partial charge in [-0.05, 0) is 61.7 Å². The van der Waals surface area contributed by atoms with E-state index in [0.29, 0.717) is 25.0 Å². The number of rotatable bonds is 8. The third kappa shape index (κ3) is 6.13. The molecule has 6 nitrogen and oxygen atoms in total. The summed E-state index contributed by atoms with van der Waals surface area (Å²) in [5, 5.41) is 5.28. The number of anilines is 2. The van der Waals surface area contributed by atoms with Crippen LogP contribution < -0.4 is 20.1 Å². The van der Waals surface area contributed by atoms with E-state index in [1.54, 1.807) is 19.1 Å². The van der Waals surface area contributed by atoms with E-state index in [1.165, 1.54) is 6.07 Å². The van der Waals surface area contributed by atoms with Crippen LogP contribution in [0.3, 0.4) is 0 Å². The van der Waals surface area contributed by atoms with Crippen LogP contribution in [-0.2, 0) is 22.2 Å². The van der Waals surface area contributed by atoms with Gasteiger partial charge in [-0.15, -0.1) is 0 Å². The molecule has 3 rings (SSSR count). The molecule has 0 bridgehead atoms. The molecule has 2 aromatic carbocycles. The zero-order valence-corrected chi connectivity index (χ0v) is 17.0. The number of halogens is 3. The second kappa shape index (κ2) is 9.72. The maximum atomic E-state index is 13.0. The highest BCUT2D eigenvalue weighted by Gasteiger charge is 2.31. The monoisotopic (exact) mass is 436 g/mol. The SMILES string of the molecule is CCOc1ccc(C(F)(F)F)cc1NC(=O)CCCOc1ccc2c(c1)CCC(=O)N2. The first-order valence-electron chi connectivity index (χ1n) is 9.95. The Labute approximate surface area is 177 Å². The Morgan fingerprint density at radius 2 is 1.94 bits per heavy atom. The van der Waals surface area contributed by atoms with E-state index in [4.69, 9.17) is 9.47 Å². The van der Waals surface area contributed by atoms with Crippen LogP contribution >= 0.6 is 0 Å². The van der Waals surface area contributed by atoms with Crippen molar-refractivity contribution in [1.29, 1.82) is 0 Å². The first-order valence-corrected chi connectivity index (χ1v) is 9.95. The molecule has 166 valence electrons. The number of nitrogens with one attached hydrogen (secondary N) is 2. The minimum atomic E-state index is -4.52. The quantitative estimate of drug-likeness (QED) is 0.584. The summed E-state index contributed by atoms with van der Waals surface area (Å²) in [6, 6.07) is 8.35. The molecule has 0 aromatic heterocycles. The molecule has 0 fully saturated rings. The molecule has 0 aliphatic carbocycles. The van der Waals surface area contributed by atoms with Gasteiger partial charge in [-0.1, -0.05) is 0 Å². The van der Waals surface area contributed by atoms with Gasteiger partial charge in [0.25, 0.3) is 0 Å². The maximum absolute atomic E-state index is 13.0. The smallest absolute Gasteiger partial charge is 0.416 e. The lowest BCUT2D eigenvalue weighted by atomic mass is 10.0. The zero-order chi connectivity index (χ0) is 22.4. The van der Waals surface area contributed by atoms with Gasteiger partial charge in [-0.2, -0.15) is 13.2 Å². The second-order valence-electron chi connectivity index (χ2n) is 7.01. The summed E-state index contributed by atoms with van der Waals surface area (Å²) in [5.74, 6) is 0.366. The average Bonchev–Trinajstić information content (AvgIpc) is 2.72. The molecule has 1 aliphatic heterocycles.